The standard InChI is InChI=1S/C18H19BrN2O4S/c1-3-11-25-15-8-6-7-14(12-15)20-18(22)13-21(26(2,23)24)17-10-5-4-9-16(17)19/h3-10,12H,1,11,13H2,2H3,(H,20,22). The van der Waals surface area contributed by atoms with Crippen LogP contribution in [0.4, 0.5) is 11.4 Å². The van der Waals surface area contributed by atoms with Gasteiger partial charge in [-0.25, -0.2) is 8.42 Å². The van der Waals surface area contributed by atoms with Crippen molar-refractivity contribution >= 4 is 43.2 Å². The zero-order chi connectivity index (χ0) is 19.2. The fraction of sp³-hybridized carbons (Fsp3) is 0.167. The Morgan fingerprint density at radius 2 is 2.00 bits per heavy atom. The van der Waals surface area contributed by atoms with Crippen LogP contribution in [0.1, 0.15) is 0 Å². The summed E-state index contributed by atoms with van der Waals surface area (Å²) in [5, 5.41) is 2.68. The van der Waals surface area contributed by atoms with E-state index in [1.807, 2.05) is 0 Å². The van der Waals surface area contributed by atoms with Crippen LogP contribution in [0.15, 0.2) is 65.7 Å². The Morgan fingerprint density at radius 1 is 1.27 bits per heavy atom. The number of carbonyl (C=O) groups excluding carboxylic acids is 1. The SMILES string of the molecule is C=CCOc1cccc(NC(=O)CN(c2ccccc2Br)S(C)(=O)=O)c1. The molecule has 1 N–H and O–H groups in total. The highest BCUT2D eigenvalue weighted by Crippen LogP contribution is 2.27. The van der Waals surface area contributed by atoms with Crippen molar-refractivity contribution in [1.82, 2.24) is 0 Å². The molecular weight excluding hydrogens is 420 g/mol. The molecule has 0 saturated heterocycles. The summed E-state index contributed by atoms with van der Waals surface area (Å²) in [6.45, 7) is 3.58. The molecule has 0 aliphatic carbocycles. The lowest BCUT2D eigenvalue weighted by atomic mass is 10.3. The number of benzene rings is 2. The summed E-state index contributed by atoms with van der Waals surface area (Å²) < 4.78 is 31.3. The van der Waals surface area contributed by atoms with Gasteiger partial charge in [0.1, 0.15) is 18.9 Å². The molecule has 0 aromatic heterocycles. The van der Waals surface area contributed by atoms with E-state index in [0.29, 0.717) is 28.2 Å². The first-order valence-corrected chi connectivity index (χ1v) is 10.3. The first-order valence-electron chi connectivity index (χ1n) is 7.67. The second kappa shape index (κ2) is 8.86. The summed E-state index contributed by atoms with van der Waals surface area (Å²) in [6, 6.07) is 13.7. The first-order chi connectivity index (χ1) is 12.3. The second-order valence-electron chi connectivity index (χ2n) is 5.40. The largest absolute Gasteiger partial charge is 0.489 e. The molecule has 0 saturated carbocycles. The van der Waals surface area contributed by atoms with E-state index in [0.717, 1.165) is 10.6 Å². The molecular formula is C18H19BrN2O4S. The van der Waals surface area contributed by atoms with Crippen LogP contribution in [-0.2, 0) is 14.8 Å². The lowest BCUT2D eigenvalue weighted by Gasteiger charge is -2.23. The molecule has 2 rings (SSSR count). The van der Waals surface area contributed by atoms with E-state index in [1.54, 1.807) is 54.6 Å². The highest BCUT2D eigenvalue weighted by molar-refractivity contribution is 9.10. The first kappa shape index (κ1) is 20.0. The van der Waals surface area contributed by atoms with Crippen LogP contribution < -0.4 is 14.4 Å². The number of sulfonamides is 1. The summed E-state index contributed by atoms with van der Waals surface area (Å²) in [6.07, 6.45) is 2.68. The third-order valence-corrected chi connectivity index (χ3v) is 5.09. The minimum absolute atomic E-state index is 0.348. The topological polar surface area (TPSA) is 75.7 Å². The summed E-state index contributed by atoms with van der Waals surface area (Å²) in [5.74, 6) is 0.112. The third kappa shape index (κ3) is 5.60. The molecule has 2 aromatic rings. The smallest absolute Gasteiger partial charge is 0.245 e. The van der Waals surface area contributed by atoms with Gasteiger partial charge in [0.25, 0.3) is 0 Å². The van der Waals surface area contributed by atoms with Crippen molar-refractivity contribution in [2.45, 2.75) is 0 Å². The summed E-state index contributed by atoms with van der Waals surface area (Å²) in [5.41, 5.74) is 0.908. The molecule has 0 radical (unpaired) electrons. The van der Waals surface area contributed by atoms with Crippen LogP contribution in [0.5, 0.6) is 5.75 Å². The van der Waals surface area contributed by atoms with Crippen LogP contribution in [0.2, 0.25) is 0 Å². The molecule has 0 unspecified atom stereocenters. The third-order valence-electron chi connectivity index (χ3n) is 3.29. The number of hydrogen-bond donors (Lipinski definition) is 1. The molecule has 2 aromatic carbocycles. The van der Waals surface area contributed by atoms with Gasteiger partial charge in [0.05, 0.1) is 11.9 Å². The summed E-state index contributed by atoms with van der Waals surface area (Å²) in [4.78, 5) is 12.4. The van der Waals surface area contributed by atoms with Crippen molar-refractivity contribution < 1.29 is 17.9 Å². The van der Waals surface area contributed by atoms with Crippen LogP contribution in [-0.4, -0.2) is 33.7 Å². The van der Waals surface area contributed by atoms with E-state index in [9.17, 15) is 13.2 Å². The molecule has 1 amide bonds. The lowest BCUT2D eigenvalue weighted by Crippen LogP contribution is -2.37. The van der Waals surface area contributed by atoms with Crippen molar-refractivity contribution in [3.8, 4) is 5.75 Å². The van der Waals surface area contributed by atoms with Gasteiger partial charge < -0.3 is 10.1 Å². The Kier molecular flexibility index (Phi) is 6.82. The second-order valence-corrected chi connectivity index (χ2v) is 8.16. The number of para-hydroxylation sites is 1. The van der Waals surface area contributed by atoms with E-state index in [4.69, 9.17) is 4.74 Å². The molecule has 0 aliphatic rings. The maximum Gasteiger partial charge on any atom is 0.245 e. The zero-order valence-corrected chi connectivity index (χ0v) is 16.6. The van der Waals surface area contributed by atoms with Crippen LogP contribution in [0.25, 0.3) is 0 Å². The Hall–Kier alpha value is -2.32. The molecule has 0 heterocycles. The van der Waals surface area contributed by atoms with Gasteiger partial charge in [-0.05, 0) is 40.2 Å². The molecule has 6 nitrogen and oxygen atoms in total. The molecule has 138 valence electrons. The van der Waals surface area contributed by atoms with Crippen LogP contribution in [0, 0.1) is 0 Å². The fourth-order valence-electron chi connectivity index (χ4n) is 2.18. The maximum absolute atomic E-state index is 12.4. The highest BCUT2D eigenvalue weighted by atomic mass is 79.9. The van der Waals surface area contributed by atoms with Crippen LogP contribution >= 0.6 is 15.9 Å². The average Bonchev–Trinajstić information content (AvgIpc) is 2.58. The lowest BCUT2D eigenvalue weighted by molar-refractivity contribution is -0.114. The Balaban J connectivity index is 2.16. The average molecular weight is 439 g/mol. The molecule has 0 fully saturated rings. The number of amides is 1. The van der Waals surface area contributed by atoms with Crippen molar-refractivity contribution in [2.24, 2.45) is 0 Å². The van der Waals surface area contributed by atoms with Gasteiger partial charge in [-0.1, -0.05) is 30.9 Å². The minimum atomic E-state index is -3.64. The number of anilines is 2. The van der Waals surface area contributed by atoms with Crippen molar-refractivity contribution in [3.05, 3.63) is 65.7 Å². The summed E-state index contributed by atoms with van der Waals surface area (Å²) >= 11 is 3.32. The van der Waals surface area contributed by atoms with E-state index < -0.39 is 15.9 Å². The monoisotopic (exact) mass is 438 g/mol. The number of rotatable bonds is 8. The Labute approximate surface area is 161 Å². The molecule has 0 atom stereocenters. The number of halogens is 1. The van der Waals surface area contributed by atoms with Crippen LogP contribution in [0.3, 0.4) is 0 Å². The summed E-state index contributed by atoms with van der Waals surface area (Å²) in [7, 11) is -3.64. The molecule has 26 heavy (non-hydrogen) atoms. The van der Waals surface area contributed by atoms with E-state index in [1.165, 1.54) is 0 Å². The predicted molar refractivity (Wildman–Crippen MR) is 107 cm³/mol. The number of nitrogens with one attached hydrogen (secondary N) is 1. The van der Waals surface area contributed by atoms with Gasteiger partial charge in [-0.15, -0.1) is 0 Å². The number of nitrogens with zero attached hydrogens (tertiary/aromatic N) is 1. The van der Waals surface area contributed by atoms with E-state index in [2.05, 4.69) is 27.8 Å². The zero-order valence-electron chi connectivity index (χ0n) is 14.2. The number of ether oxygens (including phenoxy) is 1. The molecule has 0 spiro atoms. The van der Waals surface area contributed by atoms with Gasteiger partial charge >= 0.3 is 0 Å². The predicted octanol–water partition coefficient (Wildman–Crippen LogP) is 3.42. The minimum Gasteiger partial charge on any atom is -0.489 e. The molecule has 0 aliphatic heterocycles. The van der Waals surface area contributed by atoms with Crippen molar-refractivity contribution in [1.29, 1.82) is 0 Å². The Bertz CT molecular complexity index is 900. The number of hydrogen-bond acceptors (Lipinski definition) is 4. The van der Waals surface area contributed by atoms with Crippen molar-refractivity contribution in [2.75, 3.05) is 29.0 Å². The quantitative estimate of drug-likeness (QED) is 0.640. The highest BCUT2D eigenvalue weighted by Gasteiger charge is 2.22. The molecule has 0 bridgehead atoms. The normalized spacial score (nSPS) is 10.8. The van der Waals surface area contributed by atoms with E-state index in [-0.39, 0.29) is 6.54 Å². The van der Waals surface area contributed by atoms with E-state index >= 15 is 0 Å². The van der Waals surface area contributed by atoms with Crippen molar-refractivity contribution in [3.63, 3.8) is 0 Å². The van der Waals surface area contributed by atoms with Gasteiger partial charge in [0.15, 0.2) is 0 Å². The van der Waals surface area contributed by atoms with Gasteiger partial charge in [0, 0.05) is 16.2 Å². The van der Waals surface area contributed by atoms with Gasteiger partial charge in [0.2, 0.25) is 15.9 Å². The fourth-order valence-corrected chi connectivity index (χ4v) is 3.67. The Morgan fingerprint density at radius 3 is 2.65 bits per heavy atom. The van der Waals surface area contributed by atoms with Gasteiger partial charge in [-0.3, -0.25) is 9.10 Å². The molecule has 8 heteroatoms. The van der Waals surface area contributed by atoms with Gasteiger partial charge in [-0.2, -0.15) is 0 Å². The maximum atomic E-state index is 12.4. The number of carbonyl (C=O) groups is 1.